The summed E-state index contributed by atoms with van der Waals surface area (Å²) in [4.78, 5) is 12.9. The fraction of sp³-hybridized carbons (Fsp3) is 0.900. The van der Waals surface area contributed by atoms with Crippen LogP contribution in [0, 0.1) is 5.92 Å². The summed E-state index contributed by atoms with van der Waals surface area (Å²) in [6.45, 7) is 6.39. The van der Waals surface area contributed by atoms with Crippen LogP contribution in [0.4, 0.5) is 0 Å². The fourth-order valence-corrected chi connectivity index (χ4v) is 1.73. The number of carboxylic acids is 1. The number of aliphatic carboxylic acids is 1. The van der Waals surface area contributed by atoms with Crippen molar-refractivity contribution in [2.75, 3.05) is 32.8 Å². The van der Waals surface area contributed by atoms with Crippen molar-refractivity contribution in [3.63, 3.8) is 0 Å². The van der Waals surface area contributed by atoms with Gasteiger partial charge in [-0.2, -0.15) is 0 Å². The van der Waals surface area contributed by atoms with Gasteiger partial charge in [0.15, 0.2) is 0 Å². The lowest BCUT2D eigenvalue weighted by atomic mass is 10.0. The SMILES string of the molecule is CCC(CC(=O)O)CN1CCOCC1. The highest BCUT2D eigenvalue weighted by Gasteiger charge is 2.17. The second-order valence-electron chi connectivity index (χ2n) is 3.79. The van der Waals surface area contributed by atoms with Gasteiger partial charge in [-0.15, -0.1) is 0 Å². The van der Waals surface area contributed by atoms with Crippen molar-refractivity contribution in [3.05, 3.63) is 0 Å². The van der Waals surface area contributed by atoms with E-state index in [2.05, 4.69) is 4.90 Å². The minimum absolute atomic E-state index is 0.283. The summed E-state index contributed by atoms with van der Waals surface area (Å²) in [5.74, 6) is -0.407. The molecule has 0 saturated carbocycles. The molecule has 1 unspecified atom stereocenters. The first-order valence-electron chi connectivity index (χ1n) is 5.24. The third-order valence-corrected chi connectivity index (χ3v) is 2.66. The predicted octanol–water partition coefficient (Wildman–Crippen LogP) is 0.820. The largest absolute Gasteiger partial charge is 0.481 e. The number of hydrogen-bond acceptors (Lipinski definition) is 3. The van der Waals surface area contributed by atoms with Gasteiger partial charge in [0.2, 0.25) is 0 Å². The van der Waals surface area contributed by atoms with Crippen LogP contribution in [-0.2, 0) is 9.53 Å². The van der Waals surface area contributed by atoms with Gasteiger partial charge in [0.05, 0.1) is 13.2 Å². The molecule has 0 aromatic carbocycles. The molecule has 4 heteroatoms. The van der Waals surface area contributed by atoms with Crippen molar-refractivity contribution in [2.24, 2.45) is 5.92 Å². The molecule has 1 aliphatic heterocycles. The first kappa shape index (κ1) is 11.5. The van der Waals surface area contributed by atoms with E-state index in [0.717, 1.165) is 39.3 Å². The Morgan fingerprint density at radius 1 is 1.50 bits per heavy atom. The highest BCUT2D eigenvalue weighted by molar-refractivity contribution is 5.67. The summed E-state index contributed by atoms with van der Waals surface area (Å²) < 4.78 is 5.24. The minimum atomic E-state index is -0.690. The molecular weight excluding hydrogens is 182 g/mol. The summed E-state index contributed by atoms with van der Waals surface area (Å²) >= 11 is 0. The molecule has 1 heterocycles. The molecule has 0 aromatic heterocycles. The number of hydrogen-bond donors (Lipinski definition) is 1. The summed E-state index contributed by atoms with van der Waals surface area (Å²) in [5, 5.41) is 8.70. The number of carboxylic acid groups (broad SMARTS) is 1. The molecule has 0 aromatic rings. The van der Waals surface area contributed by atoms with Gasteiger partial charge >= 0.3 is 5.97 Å². The number of rotatable bonds is 5. The van der Waals surface area contributed by atoms with Gasteiger partial charge in [-0.05, 0) is 5.92 Å². The summed E-state index contributed by atoms with van der Waals surface area (Å²) in [6.07, 6.45) is 1.22. The van der Waals surface area contributed by atoms with E-state index in [0.29, 0.717) is 0 Å². The van der Waals surface area contributed by atoms with Crippen LogP contribution in [0.15, 0.2) is 0 Å². The molecule has 4 nitrogen and oxygen atoms in total. The van der Waals surface area contributed by atoms with E-state index in [1.165, 1.54) is 0 Å². The van der Waals surface area contributed by atoms with Gasteiger partial charge in [0.1, 0.15) is 0 Å². The van der Waals surface area contributed by atoms with Gasteiger partial charge in [0, 0.05) is 26.1 Å². The second-order valence-corrected chi connectivity index (χ2v) is 3.79. The van der Waals surface area contributed by atoms with Crippen LogP contribution in [0.5, 0.6) is 0 Å². The molecule has 0 spiro atoms. The van der Waals surface area contributed by atoms with E-state index < -0.39 is 5.97 Å². The molecule has 1 fully saturated rings. The monoisotopic (exact) mass is 201 g/mol. The maximum atomic E-state index is 10.6. The number of ether oxygens (including phenoxy) is 1. The highest BCUT2D eigenvalue weighted by Crippen LogP contribution is 2.11. The molecule has 1 N–H and O–H groups in total. The van der Waals surface area contributed by atoms with Crippen LogP contribution >= 0.6 is 0 Å². The fourth-order valence-electron chi connectivity index (χ4n) is 1.73. The number of nitrogens with zero attached hydrogens (tertiary/aromatic N) is 1. The van der Waals surface area contributed by atoms with Gasteiger partial charge in [-0.1, -0.05) is 13.3 Å². The maximum Gasteiger partial charge on any atom is 0.303 e. The van der Waals surface area contributed by atoms with Gasteiger partial charge < -0.3 is 9.84 Å². The molecule has 0 bridgehead atoms. The third kappa shape index (κ3) is 4.07. The standard InChI is InChI=1S/C10H19NO3/c1-2-9(7-10(12)13)8-11-3-5-14-6-4-11/h9H,2-8H2,1H3,(H,12,13). The molecule has 0 aliphatic carbocycles. The van der Waals surface area contributed by atoms with Crippen molar-refractivity contribution >= 4 is 5.97 Å². The van der Waals surface area contributed by atoms with E-state index in [1.54, 1.807) is 0 Å². The Kier molecular flexibility index (Phi) is 4.90. The molecule has 0 radical (unpaired) electrons. The van der Waals surface area contributed by atoms with Gasteiger partial charge in [-0.25, -0.2) is 0 Å². The Morgan fingerprint density at radius 2 is 2.14 bits per heavy atom. The Bertz CT molecular complexity index is 178. The average molecular weight is 201 g/mol. The predicted molar refractivity (Wildman–Crippen MR) is 53.3 cm³/mol. The molecule has 82 valence electrons. The lowest BCUT2D eigenvalue weighted by Crippen LogP contribution is -2.39. The van der Waals surface area contributed by atoms with Crippen LogP contribution in [0.25, 0.3) is 0 Å². The zero-order valence-corrected chi connectivity index (χ0v) is 8.74. The van der Waals surface area contributed by atoms with Crippen LogP contribution in [0.1, 0.15) is 19.8 Å². The second kappa shape index (κ2) is 5.98. The van der Waals surface area contributed by atoms with Crippen LogP contribution in [0.2, 0.25) is 0 Å². The summed E-state index contributed by atoms with van der Waals surface area (Å²) in [7, 11) is 0. The smallest absolute Gasteiger partial charge is 0.303 e. The van der Waals surface area contributed by atoms with E-state index >= 15 is 0 Å². The number of morpholine rings is 1. The quantitative estimate of drug-likeness (QED) is 0.715. The van der Waals surface area contributed by atoms with Crippen molar-refractivity contribution in [1.29, 1.82) is 0 Å². The Hall–Kier alpha value is -0.610. The number of carbonyl (C=O) groups is 1. The Morgan fingerprint density at radius 3 is 2.64 bits per heavy atom. The molecular formula is C10H19NO3. The first-order valence-corrected chi connectivity index (χ1v) is 5.24. The lowest BCUT2D eigenvalue weighted by Gasteiger charge is -2.29. The van der Waals surface area contributed by atoms with Crippen molar-refractivity contribution < 1.29 is 14.6 Å². The Balaban J connectivity index is 2.27. The van der Waals surface area contributed by atoms with Crippen LogP contribution in [0.3, 0.4) is 0 Å². The molecule has 0 amide bonds. The molecule has 1 saturated heterocycles. The van der Waals surface area contributed by atoms with E-state index in [4.69, 9.17) is 9.84 Å². The first-order chi connectivity index (χ1) is 6.72. The normalized spacial score (nSPS) is 20.6. The van der Waals surface area contributed by atoms with Crippen molar-refractivity contribution in [1.82, 2.24) is 4.90 Å². The topological polar surface area (TPSA) is 49.8 Å². The third-order valence-electron chi connectivity index (χ3n) is 2.66. The lowest BCUT2D eigenvalue weighted by molar-refractivity contribution is -0.138. The zero-order chi connectivity index (χ0) is 10.4. The maximum absolute atomic E-state index is 10.6. The zero-order valence-electron chi connectivity index (χ0n) is 8.74. The molecule has 14 heavy (non-hydrogen) atoms. The minimum Gasteiger partial charge on any atom is -0.481 e. The molecule has 1 atom stereocenters. The van der Waals surface area contributed by atoms with Gasteiger partial charge in [0.25, 0.3) is 0 Å². The van der Waals surface area contributed by atoms with Crippen molar-refractivity contribution in [2.45, 2.75) is 19.8 Å². The van der Waals surface area contributed by atoms with Gasteiger partial charge in [-0.3, -0.25) is 9.69 Å². The molecule has 1 aliphatic rings. The average Bonchev–Trinajstić information content (AvgIpc) is 2.17. The van der Waals surface area contributed by atoms with E-state index in [9.17, 15) is 4.79 Å². The van der Waals surface area contributed by atoms with E-state index in [-0.39, 0.29) is 12.3 Å². The van der Waals surface area contributed by atoms with Crippen molar-refractivity contribution in [3.8, 4) is 0 Å². The highest BCUT2D eigenvalue weighted by atomic mass is 16.5. The summed E-state index contributed by atoms with van der Waals surface area (Å²) in [6, 6.07) is 0. The summed E-state index contributed by atoms with van der Waals surface area (Å²) in [5.41, 5.74) is 0. The van der Waals surface area contributed by atoms with Crippen LogP contribution in [-0.4, -0.2) is 48.8 Å². The van der Waals surface area contributed by atoms with E-state index in [1.807, 2.05) is 6.92 Å². The Labute approximate surface area is 84.8 Å². The van der Waals surface area contributed by atoms with Crippen LogP contribution < -0.4 is 0 Å². The molecule has 1 rings (SSSR count).